The molecule has 2 aromatic rings. The van der Waals surface area contributed by atoms with Crippen LogP contribution in [0.4, 0.5) is 0 Å². The Kier molecular flexibility index (Phi) is 5.44. The summed E-state index contributed by atoms with van der Waals surface area (Å²) in [6, 6.07) is 3.29. The maximum Gasteiger partial charge on any atom is 0.227 e. The summed E-state index contributed by atoms with van der Waals surface area (Å²) in [5.41, 5.74) is 0.777. The van der Waals surface area contributed by atoms with E-state index in [0.717, 1.165) is 18.4 Å². The van der Waals surface area contributed by atoms with Crippen LogP contribution < -0.4 is 5.32 Å². The number of hydrogen-bond donors (Lipinski definition) is 1. The normalized spacial score (nSPS) is 24.8. The van der Waals surface area contributed by atoms with Crippen LogP contribution in [0.15, 0.2) is 27.5 Å². The summed E-state index contributed by atoms with van der Waals surface area (Å²) < 4.78 is 10.2. The third-order valence-corrected chi connectivity index (χ3v) is 5.19. The molecule has 25 heavy (non-hydrogen) atoms. The minimum Gasteiger partial charge on any atom is -0.472 e. The Balaban J connectivity index is 0.00000182. The molecular weight excluding hydrogens is 344 g/mol. The molecule has 2 unspecified atom stereocenters. The number of halogens is 1. The number of aryl methyl sites for hydroxylation is 1. The molecule has 1 amide bonds. The second-order valence-electron chi connectivity index (χ2n) is 6.79. The van der Waals surface area contributed by atoms with E-state index in [2.05, 4.69) is 15.5 Å². The van der Waals surface area contributed by atoms with E-state index >= 15 is 0 Å². The Labute approximate surface area is 152 Å². The molecule has 8 heteroatoms. The third-order valence-electron chi connectivity index (χ3n) is 5.19. The second-order valence-corrected chi connectivity index (χ2v) is 6.79. The fraction of sp³-hybridized carbons (Fsp3) is 0.588. The van der Waals surface area contributed by atoms with Gasteiger partial charge in [0.15, 0.2) is 0 Å². The van der Waals surface area contributed by atoms with Crippen molar-refractivity contribution in [2.45, 2.75) is 56.7 Å². The van der Waals surface area contributed by atoms with Crippen molar-refractivity contribution in [3.63, 3.8) is 0 Å². The predicted molar refractivity (Wildman–Crippen MR) is 93.3 cm³/mol. The number of carbonyl (C=O) groups is 1. The topological polar surface area (TPSA) is 84.4 Å². The van der Waals surface area contributed by atoms with Gasteiger partial charge in [0.2, 0.25) is 17.6 Å². The number of aromatic nitrogens is 2. The molecule has 2 fully saturated rings. The zero-order valence-electron chi connectivity index (χ0n) is 14.2. The molecule has 136 valence electrons. The predicted octanol–water partition coefficient (Wildman–Crippen LogP) is 2.43. The first-order valence-corrected chi connectivity index (χ1v) is 8.56. The molecule has 2 bridgehead atoms. The minimum absolute atomic E-state index is 0. The molecular formula is C17H23ClN4O3. The number of hydrogen-bond acceptors (Lipinski definition) is 6. The third kappa shape index (κ3) is 3.88. The Morgan fingerprint density at radius 2 is 2.12 bits per heavy atom. The van der Waals surface area contributed by atoms with Crippen molar-refractivity contribution >= 4 is 18.3 Å². The van der Waals surface area contributed by atoms with Gasteiger partial charge < -0.3 is 19.2 Å². The van der Waals surface area contributed by atoms with E-state index in [4.69, 9.17) is 8.94 Å². The van der Waals surface area contributed by atoms with Gasteiger partial charge >= 0.3 is 0 Å². The number of piperidine rings is 1. The highest BCUT2D eigenvalue weighted by Crippen LogP contribution is 2.29. The van der Waals surface area contributed by atoms with Crippen LogP contribution in [0.2, 0.25) is 0 Å². The average Bonchev–Trinajstić information content (AvgIpc) is 3.32. The standard InChI is InChI=1S/C17H22N4O3.ClH/c1-21(14-8-12-2-3-13(9-14)18-12)16(22)5-4-15-19-17(20-24-15)11-6-7-23-10-11;/h6-7,10,12-14,18H,2-5,8-9H2,1H3;1H. The summed E-state index contributed by atoms with van der Waals surface area (Å²) in [4.78, 5) is 18.7. The van der Waals surface area contributed by atoms with E-state index in [9.17, 15) is 4.79 Å². The number of nitrogens with one attached hydrogen (secondary N) is 1. The van der Waals surface area contributed by atoms with Gasteiger partial charge in [0.05, 0.1) is 11.8 Å². The molecule has 2 aliphatic heterocycles. The lowest BCUT2D eigenvalue weighted by atomic mass is 9.98. The lowest BCUT2D eigenvalue weighted by Crippen LogP contribution is -2.48. The van der Waals surface area contributed by atoms with Crippen molar-refractivity contribution in [3.05, 3.63) is 24.5 Å². The van der Waals surface area contributed by atoms with Crippen LogP contribution in [-0.4, -0.2) is 46.1 Å². The van der Waals surface area contributed by atoms with Crippen molar-refractivity contribution in [1.29, 1.82) is 0 Å². The smallest absolute Gasteiger partial charge is 0.227 e. The summed E-state index contributed by atoms with van der Waals surface area (Å²) in [7, 11) is 1.92. The van der Waals surface area contributed by atoms with Crippen molar-refractivity contribution in [2.24, 2.45) is 0 Å². The van der Waals surface area contributed by atoms with Crippen LogP contribution in [0.3, 0.4) is 0 Å². The van der Waals surface area contributed by atoms with Gasteiger partial charge in [0, 0.05) is 38.0 Å². The molecule has 2 atom stereocenters. The molecule has 7 nitrogen and oxygen atoms in total. The SMILES string of the molecule is CN(C(=O)CCc1nc(-c2ccoc2)no1)C1CC2CCC(C1)N2.Cl. The van der Waals surface area contributed by atoms with Gasteiger partial charge in [-0.3, -0.25) is 4.79 Å². The highest BCUT2D eigenvalue weighted by atomic mass is 35.5. The zero-order chi connectivity index (χ0) is 16.5. The number of amides is 1. The van der Waals surface area contributed by atoms with Crippen molar-refractivity contribution in [1.82, 2.24) is 20.4 Å². The molecule has 4 rings (SSSR count). The Bertz CT molecular complexity index is 691. The number of rotatable bonds is 5. The van der Waals surface area contributed by atoms with E-state index in [0.29, 0.717) is 42.7 Å². The fourth-order valence-electron chi connectivity index (χ4n) is 3.80. The molecule has 0 radical (unpaired) electrons. The molecule has 0 aromatic carbocycles. The quantitative estimate of drug-likeness (QED) is 0.874. The Morgan fingerprint density at radius 3 is 2.80 bits per heavy atom. The van der Waals surface area contributed by atoms with E-state index in [1.54, 1.807) is 18.6 Å². The first-order chi connectivity index (χ1) is 11.7. The van der Waals surface area contributed by atoms with Crippen molar-refractivity contribution in [3.8, 4) is 11.4 Å². The molecule has 0 spiro atoms. The van der Waals surface area contributed by atoms with Crippen LogP contribution >= 0.6 is 12.4 Å². The molecule has 2 aliphatic rings. The van der Waals surface area contributed by atoms with Gasteiger partial charge in [0.1, 0.15) is 6.26 Å². The van der Waals surface area contributed by atoms with Gasteiger partial charge in [-0.2, -0.15) is 4.98 Å². The zero-order valence-corrected chi connectivity index (χ0v) is 15.0. The number of carbonyl (C=O) groups excluding carboxylic acids is 1. The van der Waals surface area contributed by atoms with Gasteiger partial charge in [-0.25, -0.2) is 0 Å². The first-order valence-electron chi connectivity index (χ1n) is 8.56. The number of nitrogens with zero attached hydrogens (tertiary/aromatic N) is 3. The van der Waals surface area contributed by atoms with Gasteiger partial charge in [-0.05, 0) is 31.7 Å². The van der Waals surface area contributed by atoms with Crippen LogP contribution in [0.5, 0.6) is 0 Å². The van der Waals surface area contributed by atoms with E-state index in [1.165, 1.54) is 12.8 Å². The average molecular weight is 367 g/mol. The lowest BCUT2D eigenvalue weighted by molar-refractivity contribution is -0.132. The maximum absolute atomic E-state index is 12.5. The summed E-state index contributed by atoms with van der Waals surface area (Å²) in [5, 5.41) is 7.53. The van der Waals surface area contributed by atoms with Crippen molar-refractivity contribution < 1.29 is 13.7 Å². The van der Waals surface area contributed by atoms with Crippen LogP contribution in [0, 0.1) is 0 Å². The Morgan fingerprint density at radius 1 is 1.36 bits per heavy atom. The monoisotopic (exact) mass is 366 g/mol. The molecule has 0 aliphatic carbocycles. The van der Waals surface area contributed by atoms with E-state index in [-0.39, 0.29) is 18.3 Å². The molecule has 2 aromatic heterocycles. The van der Waals surface area contributed by atoms with Gasteiger partial charge in [-0.15, -0.1) is 12.4 Å². The summed E-state index contributed by atoms with van der Waals surface area (Å²) >= 11 is 0. The van der Waals surface area contributed by atoms with Gasteiger partial charge in [-0.1, -0.05) is 5.16 Å². The van der Waals surface area contributed by atoms with E-state index in [1.807, 2.05) is 11.9 Å². The van der Waals surface area contributed by atoms with Crippen LogP contribution in [-0.2, 0) is 11.2 Å². The maximum atomic E-state index is 12.5. The summed E-state index contributed by atoms with van der Waals surface area (Å²) in [6.07, 6.45) is 8.58. The van der Waals surface area contributed by atoms with Crippen LogP contribution in [0.1, 0.15) is 38.0 Å². The van der Waals surface area contributed by atoms with Gasteiger partial charge in [0.25, 0.3) is 0 Å². The Hall–Kier alpha value is -1.86. The first kappa shape index (κ1) is 17.9. The molecule has 2 saturated heterocycles. The highest BCUT2D eigenvalue weighted by molar-refractivity contribution is 5.85. The number of furan rings is 1. The minimum atomic E-state index is 0. The molecule has 4 heterocycles. The summed E-state index contributed by atoms with van der Waals surface area (Å²) in [6.45, 7) is 0. The molecule has 1 N–H and O–H groups in total. The van der Waals surface area contributed by atoms with Crippen molar-refractivity contribution in [2.75, 3.05) is 7.05 Å². The molecule has 0 saturated carbocycles. The summed E-state index contributed by atoms with van der Waals surface area (Å²) in [5.74, 6) is 1.12. The fourth-order valence-corrected chi connectivity index (χ4v) is 3.80. The number of fused-ring (bicyclic) bond motifs is 2. The largest absolute Gasteiger partial charge is 0.472 e. The highest BCUT2D eigenvalue weighted by Gasteiger charge is 2.36. The second kappa shape index (κ2) is 7.58. The lowest BCUT2D eigenvalue weighted by Gasteiger charge is -2.35. The van der Waals surface area contributed by atoms with Crippen LogP contribution in [0.25, 0.3) is 11.4 Å². The van der Waals surface area contributed by atoms with E-state index < -0.39 is 0 Å².